The first-order chi connectivity index (χ1) is 10.6. The van der Waals surface area contributed by atoms with Crippen LogP contribution in [0.25, 0.3) is 0 Å². The Bertz CT molecular complexity index is 479. The number of likely N-dealkylation sites (tertiary alicyclic amines) is 1. The van der Waals surface area contributed by atoms with Gasteiger partial charge in [0.1, 0.15) is 0 Å². The van der Waals surface area contributed by atoms with E-state index in [0.29, 0.717) is 6.04 Å². The van der Waals surface area contributed by atoms with Gasteiger partial charge in [0.05, 0.1) is 0 Å². The van der Waals surface area contributed by atoms with Crippen molar-refractivity contribution in [3.8, 4) is 0 Å². The highest BCUT2D eigenvalue weighted by Crippen LogP contribution is 2.16. The van der Waals surface area contributed by atoms with Crippen molar-refractivity contribution in [3.63, 3.8) is 0 Å². The number of carbonyl (C=O) groups excluding carboxylic acids is 1. The van der Waals surface area contributed by atoms with E-state index in [-0.39, 0.29) is 36.6 Å². The van der Waals surface area contributed by atoms with Gasteiger partial charge in [-0.25, -0.2) is 0 Å². The Kier molecular flexibility index (Phi) is 11.9. The van der Waals surface area contributed by atoms with Crippen LogP contribution in [0.3, 0.4) is 0 Å². The molecule has 2 N–H and O–H groups in total. The fourth-order valence-corrected chi connectivity index (χ4v) is 3.09. The highest BCUT2D eigenvalue weighted by Gasteiger charge is 2.22. The Morgan fingerprint density at radius 3 is 2.38 bits per heavy atom. The van der Waals surface area contributed by atoms with Gasteiger partial charge in [-0.15, -0.1) is 24.8 Å². The number of nitrogens with one attached hydrogen (secondary N) is 2. The van der Waals surface area contributed by atoms with Crippen LogP contribution in [-0.4, -0.2) is 43.5 Å². The molecule has 0 saturated carbocycles. The summed E-state index contributed by atoms with van der Waals surface area (Å²) in [7, 11) is 1.88. The molecular formula is C17H28BrCl2N3O. The molecule has 0 aromatic heterocycles. The van der Waals surface area contributed by atoms with Crippen molar-refractivity contribution in [1.82, 2.24) is 15.5 Å². The molecule has 1 heterocycles. The highest BCUT2D eigenvalue weighted by molar-refractivity contribution is 9.10. The standard InChI is InChI=1S/C17H26BrN3O.2ClH/c1-13(11-19-2)17(22)20-16-7-9-21(10-8-16)12-14-3-5-15(18)6-4-14;;/h3-6,13,16,19H,7-12H2,1-2H3,(H,20,22);2*1H. The van der Waals surface area contributed by atoms with Gasteiger partial charge >= 0.3 is 0 Å². The zero-order chi connectivity index (χ0) is 15.9. The summed E-state index contributed by atoms with van der Waals surface area (Å²) in [5.74, 6) is 0.200. The van der Waals surface area contributed by atoms with Crippen LogP contribution in [0, 0.1) is 5.92 Å². The highest BCUT2D eigenvalue weighted by atomic mass is 79.9. The van der Waals surface area contributed by atoms with E-state index >= 15 is 0 Å². The lowest BCUT2D eigenvalue weighted by atomic mass is 10.0. The molecule has 1 saturated heterocycles. The second-order valence-electron chi connectivity index (χ2n) is 6.14. The Balaban J connectivity index is 0.00000264. The van der Waals surface area contributed by atoms with Crippen LogP contribution in [0.1, 0.15) is 25.3 Å². The van der Waals surface area contributed by atoms with Crippen molar-refractivity contribution in [2.75, 3.05) is 26.7 Å². The van der Waals surface area contributed by atoms with Crippen molar-refractivity contribution in [1.29, 1.82) is 0 Å². The van der Waals surface area contributed by atoms with Crippen molar-refractivity contribution in [2.45, 2.75) is 32.4 Å². The first-order valence-electron chi connectivity index (χ1n) is 8.00. The number of hydrogen-bond donors (Lipinski definition) is 2. The Labute approximate surface area is 166 Å². The molecule has 24 heavy (non-hydrogen) atoms. The molecule has 1 unspecified atom stereocenters. The van der Waals surface area contributed by atoms with Crippen molar-refractivity contribution in [3.05, 3.63) is 34.3 Å². The first-order valence-corrected chi connectivity index (χ1v) is 8.79. The van der Waals surface area contributed by atoms with Crippen LogP contribution >= 0.6 is 40.7 Å². The molecule has 1 aliphatic heterocycles. The summed E-state index contributed by atoms with van der Waals surface area (Å²) in [6.07, 6.45) is 2.07. The van der Waals surface area contributed by atoms with Gasteiger partial charge in [0.15, 0.2) is 0 Å². The van der Waals surface area contributed by atoms with Gasteiger partial charge in [-0.3, -0.25) is 9.69 Å². The summed E-state index contributed by atoms with van der Waals surface area (Å²) >= 11 is 3.47. The van der Waals surface area contributed by atoms with Crippen LogP contribution < -0.4 is 10.6 Å². The summed E-state index contributed by atoms with van der Waals surface area (Å²) in [5, 5.41) is 6.24. The monoisotopic (exact) mass is 439 g/mol. The third-order valence-electron chi connectivity index (χ3n) is 4.21. The summed E-state index contributed by atoms with van der Waals surface area (Å²) in [6.45, 7) is 5.77. The van der Waals surface area contributed by atoms with Crippen molar-refractivity contribution < 1.29 is 4.79 Å². The van der Waals surface area contributed by atoms with E-state index in [9.17, 15) is 4.79 Å². The van der Waals surface area contributed by atoms with E-state index in [2.05, 4.69) is 55.7 Å². The second kappa shape index (κ2) is 12.1. The van der Waals surface area contributed by atoms with Gasteiger partial charge in [0.2, 0.25) is 5.91 Å². The SMILES string of the molecule is CNCC(C)C(=O)NC1CCN(Cc2ccc(Br)cc2)CC1.Cl.Cl. The summed E-state index contributed by atoms with van der Waals surface area (Å²) in [5.41, 5.74) is 1.34. The lowest BCUT2D eigenvalue weighted by molar-refractivity contribution is -0.125. The third-order valence-corrected chi connectivity index (χ3v) is 4.74. The topological polar surface area (TPSA) is 44.4 Å². The Morgan fingerprint density at radius 2 is 1.83 bits per heavy atom. The maximum Gasteiger partial charge on any atom is 0.224 e. The van der Waals surface area contributed by atoms with Gasteiger partial charge in [0.25, 0.3) is 0 Å². The quantitative estimate of drug-likeness (QED) is 0.713. The van der Waals surface area contributed by atoms with Gasteiger partial charge in [-0.05, 0) is 37.6 Å². The zero-order valence-corrected chi connectivity index (χ0v) is 17.5. The predicted octanol–water partition coefficient (Wildman–Crippen LogP) is 3.23. The van der Waals surface area contributed by atoms with E-state index in [1.807, 2.05) is 14.0 Å². The fraction of sp³-hybridized carbons (Fsp3) is 0.588. The maximum atomic E-state index is 12.0. The fourth-order valence-electron chi connectivity index (χ4n) is 2.83. The summed E-state index contributed by atoms with van der Waals surface area (Å²) in [6, 6.07) is 8.83. The molecule has 0 radical (unpaired) electrons. The van der Waals surface area contributed by atoms with Crippen LogP contribution in [0.15, 0.2) is 28.7 Å². The Morgan fingerprint density at radius 1 is 1.25 bits per heavy atom. The molecule has 1 aromatic rings. The smallest absolute Gasteiger partial charge is 0.224 e. The van der Waals surface area contributed by atoms with Crippen LogP contribution in [-0.2, 0) is 11.3 Å². The summed E-state index contributed by atoms with van der Waals surface area (Å²) < 4.78 is 1.12. The molecule has 1 aliphatic rings. The number of rotatable bonds is 6. The normalized spacial score (nSPS) is 16.6. The third kappa shape index (κ3) is 7.70. The van der Waals surface area contributed by atoms with Crippen molar-refractivity contribution in [2.24, 2.45) is 5.92 Å². The number of halogens is 3. The van der Waals surface area contributed by atoms with Crippen LogP contribution in [0.5, 0.6) is 0 Å². The van der Waals surface area contributed by atoms with Gasteiger partial charge < -0.3 is 10.6 Å². The van der Waals surface area contributed by atoms with Gasteiger partial charge in [0, 0.05) is 42.6 Å². The number of hydrogen-bond acceptors (Lipinski definition) is 3. The number of carbonyl (C=O) groups is 1. The minimum Gasteiger partial charge on any atom is -0.353 e. The van der Waals surface area contributed by atoms with Gasteiger partial charge in [-0.1, -0.05) is 35.0 Å². The number of amides is 1. The van der Waals surface area contributed by atoms with E-state index in [0.717, 1.165) is 43.5 Å². The molecule has 0 aliphatic carbocycles. The average molecular weight is 441 g/mol. The molecule has 0 spiro atoms. The predicted molar refractivity (Wildman–Crippen MR) is 108 cm³/mol. The number of piperidine rings is 1. The van der Waals surface area contributed by atoms with Crippen LogP contribution in [0.2, 0.25) is 0 Å². The molecule has 1 amide bonds. The lowest BCUT2D eigenvalue weighted by Gasteiger charge is -2.33. The zero-order valence-electron chi connectivity index (χ0n) is 14.3. The van der Waals surface area contributed by atoms with Crippen LogP contribution in [0.4, 0.5) is 0 Å². The lowest BCUT2D eigenvalue weighted by Crippen LogP contribution is -2.46. The van der Waals surface area contributed by atoms with E-state index in [1.54, 1.807) is 0 Å². The molecule has 7 heteroatoms. The largest absolute Gasteiger partial charge is 0.353 e. The molecule has 138 valence electrons. The van der Waals surface area contributed by atoms with E-state index < -0.39 is 0 Å². The molecule has 2 rings (SSSR count). The molecule has 1 atom stereocenters. The minimum absolute atomic E-state index is 0. The maximum absolute atomic E-state index is 12.0. The van der Waals surface area contributed by atoms with E-state index in [1.165, 1.54) is 5.56 Å². The second-order valence-corrected chi connectivity index (χ2v) is 7.06. The average Bonchev–Trinajstić information content (AvgIpc) is 2.51. The Hall–Kier alpha value is -0.330. The first kappa shape index (κ1) is 23.7. The molecule has 4 nitrogen and oxygen atoms in total. The molecule has 1 fully saturated rings. The molecule has 0 bridgehead atoms. The van der Waals surface area contributed by atoms with E-state index in [4.69, 9.17) is 0 Å². The number of nitrogens with zero attached hydrogens (tertiary/aromatic N) is 1. The molecular weight excluding hydrogens is 413 g/mol. The molecule has 1 aromatic carbocycles. The number of benzene rings is 1. The summed E-state index contributed by atoms with van der Waals surface area (Å²) in [4.78, 5) is 14.5. The van der Waals surface area contributed by atoms with Gasteiger partial charge in [-0.2, -0.15) is 0 Å². The minimum atomic E-state index is 0. The van der Waals surface area contributed by atoms with Crippen molar-refractivity contribution >= 4 is 46.7 Å².